The van der Waals surface area contributed by atoms with Crippen molar-refractivity contribution in [3.05, 3.63) is 40.5 Å². The van der Waals surface area contributed by atoms with Crippen LogP contribution in [0.15, 0.2) is 24.3 Å². The monoisotopic (exact) mass is 264 g/mol. The van der Waals surface area contributed by atoms with Crippen LogP contribution in [0.3, 0.4) is 0 Å². The number of carbonyl (C=O) groups excluding carboxylic acids is 1. The van der Waals surface area contributed by atoms with Gasteiger partial charge in [0.15, 0.2) is 0 Å². The Labute approximate surface area is 110 Å². The number of aliphatic hydroxyl groups is 1. The molecule has 4 nitrogen and oxygen atoms in total. The predicted octanol–water partition coefficient (Wildman–Crippen LogP) is 1.92. The van der Waals surface area contributed by atoms with Gasteiger partial charge in [0.25, 0.3) is 5.91 Å². The van der Waals surface area contributed by atoms with Crippen molar-refractivity contribution in [2.75, 3.05) is 13.2 Å². The van der Waals surface area contributed by atoms with E-state index in [0.29, 0.717) is 21.5 Å². The summed E-state index contributed by atoms with van der Waals surface area (Å²) < 4.78 is 0. The molecule has 2 aromatic rings. The number of aryl methyl sites for hydroxylation is 1. The molecule has 0 aliphatic rings. The molecule has 0 fully saturated rings. The topological polar surface area (TPSA) is 62.2 Å². The highest BCUT2D eigenvalue weighted by atomic mass is 35.5. The Bertz CT molecular complexity index is 599. The van der Waals surface area contributed by atoms with E-state index in [-0.39, 0.29) is 19.1 Å². The van der Waals surface area contributed by atoms with Gasteiger partial charge < -0.3 is 10.4 Å². The Morgan fingerprint density at radius 2 is 2.28 bits per heavy atom. The van der Waals surface area contributed by atoms with Crippen molar-refractivity contribution in [2.45, 2.75) is 6.92 Å². The van der Waals surface area contributed by atoms with E-state index in [9.17, 15) is 4.79 Å². The fourth-order valence-corrected chi connectivity index (χ4v) is 2.01. The lowest BCUT2D eigenvalue weighted by molar-refractivity contribution is 0.0946. The van der Waals surface area contributed by atoms with Crippen LogP contribution in [0.2, 0.25) is 5.02 Å². The van der Waals surface area contributed by atoms with E-state index >= 15 is 0 Å². The maximum Gasteiger partial charge on any atom is 0.252 e. The number of hydrogen-bond acceptors (Lipinski definition) is 3. The molecule has 0 aliphatic carbocycles. The quantitative estimate of drug-likeness (QED) is 0.890. The van der Waals surface area contributed by atoms with Crippen LogP contribution in [0.4, 0.5) is 0 Å². The summed E-state index contributed by atoms with van der Waals surface area (Å²) in [5.74, 6) is -0.234. The number of aliphatic hydroxyl groups excluding tert-OH is 1. The Kier molecular flexibility index (Phi) is 3.79. The van der Waals surface area contributed by atoms with E-state index in [1.807, 2.05) is 13.0 Å². The molecule has 18 heavy (non-hydrogen) atoms. The van der Waals surface area contributed by atoms with Gasteiger partial charge in [0, 0.05) is 17.6 Å². The van der Waals surface area contributed by atoms with Gasteiger partial charge in [-0.3, -0.25) is 9.78 Å². The van der Waals surface area contributed by atoms with Gasteiger partial charge in [0.1, 0.15) is 0 Å². The minimum Gasteiger partial charge on any atom is -0.395 e. The van der Waals surface area contributed by atoms with Gasteiger partial charge in [0.2, 0.25) is 0 Å². The summed E-state index contributed by atoms with van der Waals surface area (Å²) in [4.78, 5) is 16.3. The van der Waals surface area contributed by atoms with Crippen LogP contribution in [-0.2, 0) is 0 Å². The second-order valence-corrected chi connectivity index (χ2v) is 4.33. The number of para-hydroxylation sites is 1. The van der Waals surface area contributed by atoms with Crippen molar-refractivity contribution in [3.8, 4) is 0 Å². The maximum absolute atomic E-state index is 12.0. The van der Waals surface area contributed by atoms with Crippen molar-refractivity contribution < 1.29 is 9.90 Å². The Hall–Kier alpha value is -1.65. The minimum absolute atomic E-state index is 0.0888. The summed E-state index contributed by atoms with van der Waals surface area (Å²) in [7, 11) is 0. The maximum atomic E-state index is 12.0. The molecule has 0 aliphatic heterocycles. The third-order valence-electron chi connectivity index (χ3n) is 2.56. The van der Waals surface area contributed by atoms with E-state index in [2.05, 4.69) is 10.3 Å². The lowest BCUT2D eigenvalue weighted by atomic mass is 10.1. The van der Waals surface area contributed by atoms with E-state index < -0.39 is 0 Å². The van der Waals surface area contributed by atoms with Gasteiger partial charge in [0.05, 0.1) is 22.7 Å². The zero-order chi connectivity index (χ0) is 13.1. The van der Waals surface area contributed by atoms with Gasteiger partial charge in [-0.2, -0.15) is 0 Å². The van der Waals surface area contributed by atoms with Gasteiger partial charge in [-0.1, -0.05) is 23.7 Å². The molecule has 0 saturated carbocycles. The van der Waals surface area contributed by atoms with Crippen LogP contribution in [0.1, 0.15) is 16.1 Å². The van der Waals surface area contributed by atoms with Crippen LogP contribution >= 0.6 is 11.6 Å². The molecule has 2 N–H and O–H groups in total. The van der Waals surface area contributed by atoms with Crippen molar-refractivity contribution in [3.63, 3.8) is 0 Å². The zero-order valence-electron chi connectivity index (χ0n) is 9.90. The average Bonchev–Trinajstić information content (AvgIpc) is 2.36. The number of amides is 1. The molecule has 1 aromatic carbocycles. The minimum atomic E-state index is -0.234. The number of aromatic nitrogens is 1. The number of carbonyl (C=O) groups is 1. The molecule has 0 saturated heterocycles. The molecule has 0 unspecified atom stereocenters. The number of pyridine rings is 1. The molecule has 5 heteroatoms. The molecular weight excluding hydrogens is 252 g/mol. The Balaban J connectivity index is 2.56. The third kappa shape index (κ3) is 2.44. The third-order valence-corrected chi connectivity index (χ3v) is 2.87. The van der Waals surface area contributed by atoms with Crippen LogP contribution in [0.25, 0.3) is 10.9 Å². The first kappa shape index (κ1) is 12.8. The van der Waals surface area contributed by atoms with E-state index in [0.717, 1.165) is 5.69 Å². The second kappa shape index (κ2) is 5.33. The zero-order valence-corrected chi connectivity index (χ0v) is 10.7. The predicted molar refractivity (Wildman–Crippen MR) is 70.9 cm³/mol. The van der Waals surface area contributed by atoms with Gasteiger partial charge in [-0.05, 0) is 19.1 Å². The van der Waals surface area contributed by atoms with Crippen molar-refractivity contribution >= 4 is 28.4 Å². The number of nitrogens with one attached hydrogen (secondary N) is 1. The molecule has 0 spiro atoms. The molecule has 1 amide bonds. The highest BCUT2D eigenvalue weighted by Gasteiger charge is 2.12. The molecule has 2 rings (SSSR count). The van der Waals surface area contributed by atoms with Crippen molar-refractivity contribution in [1.82, 2.24) is 10.3 Å². The van der Waals surface area contributed by atoms with Crippen molar-refractivity contribution in [1.29, 1.82) is 0 Å². The summed E-state index contributed by atoms with van der Waals surface area (Å²) in [5.41, 5.74) is 1.87. The van der Waals surface area contributed by atoms with E-state index in [4.69, 9.17) is 16.7 Å². The standard InChI is InChI=1S/C13H13ClN2O2/c1-8-7-10(13(18)15-5-6-17)9-3-2-4-11(14)12(9)16-8/h2-4,7,17H,5-6H2,1H3,(H,15,18). The Morgan fingerprint density at radius 3 is 3.00 bits per heavy atom. The summed E-state index contributed by atoms with van der Waals surface area (Å²) in [6.45, 7) is 1.95. The Morgan fingerprint density at radius 1 is 1.50 bits per heavy atom. The molecular formula is C13H13ClN2O2. The summed E-state index contributed by atoms with van der Waals surface area (Å²) in [5, 5.41) is 12.6. The fraction of sp³-hybridized carbons (Fsp3) is 0.231. The smallest absolute Gasteiger partial charge is 0.252 e. The summed E-state index contributed by atoms with van der Waals surface area (Å²) >= 11 is 6.08. The highest BCUT2D eigenvalue weighted by molar-refractivity contribution is 6.35. The summed E-state index contributed by atoms with van der Waals surface area (Å²) in [6.07, 6.45) is 0. The molecule has 1 aromatic heterocycles. The lowest BCUT2D eigenvalue weighted by Crippen LogP contribution is -2.26. The van der Waals surface area contributed by atoms with Crippen molar-refractivity contribution in [2.24, 2.45) is 0 Å². The first-order valence-electron chi connectivity index (χ1n) is 5.58. The molecule has 94 valence electrons. The van der Waals surface area contributed by atoms with Crippen LogP contribution in [0.5, 0.6) is 0 Å². The normalized spacial score (nSPS) is 10.6. The SMILES string of the molecule is Cc1cc(C(=O)NCCO)c2cccc(Cl)c2n1. The number of benzene rings is 1. The van der Waals surface area contributed by atoms with Crippen LogP contribution in [-0.4, -0.2) is 29.1 Å². The van der Waals surface area contributed by atoms with Crippen LogP contribution in [0, 0.1) is 6.92 Å². The van der Waals surface area contributed by atoms with Gasteiger partial charge in [-0.15, -0.1) is 0 Å². The molecule has 0 bridgehead atoms. The number of hydrogen-bond donors (Lipinski definition) is 2. The molecule has 0 atom stereocenters. The molecule has 1 heterocycles. The van der Waals surface area contributed by atoms with Crippen LogP contribution < -0.4 is 5.32 Å². The number of nitrogens with zero attached hydrogens (tertiary/aromatic N) is 1. The second-order valence-electron chi connectivity index (χ2n) is 3.93. The number of fused-ring (bicyclic) bond motifs is 1. The van der Waals surface area contributed by atoms with E-state index in [1.54, 1.807) is 18.2 Å². The largest absolute Gasteiger partial charge is 0.395 e. The highest BCUT2D eigenvalue weighted by Crippen LogP contribution is 2.25. The number of halogens is 1. The first-order valence-corrected chi connectivity index (χ1v) is 5.96. The fourth-order valence-electron chi connectivity index (χ4n) is 1.79. The lowest BCUT2D eigenvalue weighted by Gasteiger charge is -2.09. The average molecular weight is 265 g/mol. The first-order chi connectivity index (χ1) is 8.63. The van der Waals surface area contributed by atoms with Gasteiger partial charge in [-0.25, -0.2) is 0 Å². The number of rotatable bonds is 3. The van der Waals surface area contributed by atoms with Gasteiger partial charge >= 0.3 is 0 Å². The summed E-state index contributed by atoms with van der Waals surface area (Å²) in [6, 6.07) is 7.04. The van der Waals surface area contributed by atoms with E-state index in [1.165, 1.54) is 0 Å². The molecule has 0 radical (unpaired) electrons.